The zero-order valence-electron chi connectivity index (χ0n) is 12.0. The number of carbonyl (C=O) groups excluding carboxylic acids is 1. The van der Waals surface area contributed by atoms with E-state index in [9.17, 15) is 22.8 Å². The summed E-state index contributed by atoms with van der Waals surface area (Å²) in [7, 11) is 0. The molecule has 0 bridgehead atoms. The van der Waals surface area contributed by atoms with Gasteiger partial charge in [0.15, 0.2) is 0 Å². The minimum Gasteiger partial charge on any atom is -0.480 e. The lowest BCUT2D eigenvalue weighted by Crippen LogP contribution is -2.49. The largest absolute Gasteiger partial charge is 0.480 e. The molecule has 2 fully saturated rings. The van der Waals surface area contributed by atoms with Gasteiger partial charge in [-0.15, -0.1) is 12.4 Å². The first kappa shape index (κ1) is 19.0. The van der Waals surface area contributed by atoms with Gasteiger partial charge in [0.1, 0.15) is 6.04 Å². The highest BCUT2D eigenvalue weighted by Crippen LogP contribution is 2.33. The Morgan fingerprint density at radius 2 is 1.77 bits per heavy atom. The van der Waals surface area contributed by atoms with Crippen molar-refractivity contribution in [3.8, 4) is 0 Å². The number of piperidine rings is 1. The summed E-state index contributed by atoms with van der Waals surface area (Å²) >= 11 is 0. The van der Waals surface area contributed by atoms with Gasteiger partial charge in [0.25, 0.3) is 0 Å². The molecule has 0 aromatic carbocycles. The first-order valence-corrected chi connectivity index (χ1v) is 7.10. The number of carbonyl (C=O) groups is 2. The van der Waals surface area contributed by atoms with E-state index in [1.54, 1.807) is 4.90 Å². The first-order valence-electron chi connectivity index (χ1n) is 7.10. The van der Waals surface area contributed by atoms with Gasteiger partial charge in [0, 0.05) is 13.1 Å². The molecule has 2 aliphatic heterocycles. The van der Waals surface area contributed by atoms with Crippen LogP contribution in [0.15, 0.2) is 0 Å². The second kappa shape index (κ2) is 7.50. The summed E-state index contributed by atoms with van der Waals surface area (Å²) in [6, 6.07) is -0.697. The highest BCUT2D eigenvalue weighted by molar-refractivity contribution is 5.85. The van der Waals surface area contributed by atoms with Gasteiger partial charge < -0.3 is 10.0 Å². The molecule has 1 amide bonds. The van der Waals surface area contributed by atoms with Gasteiger partial charge in [-0.05, 0) is 32.2 Å². The molecule has 2 heterocycles. The predicted molar refractivity (Wildman–Crippen MR) is 74.8 cm³/mol. The molecule has 128 valence electrons. The lowest BCUT2D eigenvalue weighted by molar-refractivity contribution is -0.188. The maximum atomic E-state index is 12.7. The molecule has 0 radical (unpaired) electrons. The summed E-state index contributed by atoms with van der Waals surface area (Å²) < 4.78 is 38.2. The van der Waals surface area contributed by atoms with E-state index < -0.39 is 30.0 Å². The summed E-state index contributed by atoms with van der Waals surface area (Å²) in [4.78, 5) is 25.9. The van der Waals surface area contributed by atoms with Crippen LogP contribution in [0.2, 0.25) is 0 Å². The smallest absolute Gasteiger partial charge is 0.393 e. The standard InChI is InChI=1S/C13H19F3N2O3.ClH/c14-13(15,16)9-3-1-6-18(7-9)11(19)8-17-5-2-4-10(17)12(20)21;/h9-10H,1-8H2,(H,20,21);1H. The van der Waals surface area contributed by atoms with E-state index in [0.29, 0.717) is 32.4 Å². The Bertz CT molecular complexity index is 420. The normalized spacial score (nSPS) is 26.6. The molecule has 0 saturated carbocycles. The summed E-state index contributed by atoms with van der Waals surface area (Å²) in [5, 5.41) is 9.04. The molecule has 2 atom stereocenters. The first-order chi connectivity index (χ1) is 9.79. The van der Waals surface area contributed by atoms with Crippen molar-refractivity contribution >= 4 is 24.3 Å². The maximum absolute atomic E-state index is 12.7. The van der Waals surface area contributed by atoms with Crippen molar-refractivity contribution in [1.29, 1.82) is 0 Å². The van der Waals surface area contributed by atoms with E-state index in [2.05, 4.69) is 0 Å². The van der Waals surface area contributed by atoms with Crippen LogP contribution in [0.3, 0.4) is 0 Å². The van der Waals surface area contributed by atoms with Gasteiger partial charge >= 0.3 is 12.1 Å². The zero-order chi connectivity index (χ0) is 15.6. The Kier molecular flexibility index (Phi) is 6.49. The minimum absolute atomic E-state index is 0. The van der Waals surface area contributed by atoms with Crippen LogP contribution in [0.5, 0.6) is 0 Å². The number of rotatable bonds is 3. The fourth-order valence-electron chi connectivity index (χ4n) is 3.04. The second-order valence-corrected chi connectivity index (χ2v) is 5.69. The van der Waals surface area contributed by atoms with Crippen molar-refractivity contribution in [2.24, 2.45) is 5.92 Å². The van der Waals surface area contributed by atoms with Gasteiger partial charge in [0.05, 0.1) is 12.5 Å². The van der Waals surface area contributed by atoms with Crippen molar-refractivity contribution in [2.75, 3.05) is 26.2 Å². The van der Waals surface area contributed by atoms with E-state index in [4.69, 9.17) is 5.11 Å². The van der Waals surface area contributed by atoms with Crippen LogP contribution < -0.4 is 0 Å². The van der Waals surface area contributed by atoms with E-state index in [0.717, 1.165) is 0 Å². The number of hydrogen-bond donors (Lipinski definition) is 1. The molecule has 2 unspecified atom stereocenters. The third kappa shape index (κ3) is 4.49. The zero-order valence-corrected chi connectivity index (χ0v) is 12.8. The topological polar surface area (TPSA) is 60.9 Å². The summed E-state index contributed by atoms with van der Waals surface area (Å²) in [6.45, 7) is 0.395. The number of amides is 1. The Morgan fingerprint density at radius 1 is 1.14 bits per heavy atom. The molecule has 2 saturated heterocycles. The molecule has 0 aromatic heterocycles. The average Bonchev–Trinajstić information content (AvgIpc) is 2.86. The van der Waals surface area contributed by atoms with Crippen LogP contribution in [0.4, 0.5) is 13.2 Å². The number of nitrogens with zero attached hydrogens (tertiary/aromatic N) is 2. The molecule has 22 heavy (non-hydrogen) atoms. The lowest BCUT2D eigenvalue weighted by Gasteiger charge is -2.35. The molecular formula is C13H20ClF3N2O3. The Balaban J connectivity index is 0.00000242. The third-order valence-corrected chi connectivity index (χ3v) is 4.22. The summed E-state index contributed by atoms with van der Waals surface area (Å²) in [5.74, 6) is -2.85. The highest BCUT2D eigenvalue weighted by atomic mass is 35.5. The number of halogens is 4. The van der Waals surface area contributed by atoms with E-state index in [1.165, 1.54) is 4.90 Å². The monoisotopic (exact) mass is 344 g/mol. The molecular weight excluding hydrogens is 325 g/mol. The second-order valence-electron chi connectivity index (χ2n) is 5.69. The summed E-state index contributed by atoms with van der Waals surface area (Å²) in [5.41, 5.74) is 0. The highest BCUT2D eigenvalue weighted by Gasteiger charge is 2.43. The number of carboxylic acids is 1. The van der Waals surface area contributed by atoms with Crippen LogP contribution >= 0.6 is 12.4 Å². The van der Waals surface area contributed by atoms with E-state index in [1.807, 2.05) is 0 Å². The van der Waals surface area contributed by atoms with Crippen LogP contribution in [0, 0.1) is 5.92 Å². The maximum Gasteiger partial charge on any atom is 0.393 e. The van der Waals surface area contributed by atoms with Crippen molar-refractivity contribution in [1.82, 2.24) is 9.80 Å². The van der Waals surface area contributed by atoms with Crippen LogP contribution in [-0.2, 0) is 9.59 Å². The number of hydrogen-bond acceptors (Lipinski definition) is 3. The molecule has 1 N–H and O–H groups in total. The number of carboxylic acid groups (broad SMARTS) is 1. The van der Waals surface area contributed by atoms with Crippen molar-refractivity contribution in [3.63, 3.8) is 0 Å². The molecule has 0 spiro atoms. The molecule has 2 aliphatic rings. The van der Waals surface area contributed by atoms with Crippen LogP contribution in [-0.4, -0.2) is 65.2 Å². The van der Waals surface area contributed by atoms with Crippen molar-refractivity contribution in [3.05, 3.63) is 0 Å². The van der Waals surface area contributed by atoms with Gasteiger partial charge in [-0.1, -0.05) is 0 Å². The van der Waals surface area contributed by atoms with Gasteiger partial charge in [-0.2, -0.15) is 13.2 Å². The van der Waals surface area contributed by atoms with Gasteiger partial charge in [-0.25, -0.2) is 0 Å². The van der Waals surface area contributed by atoms with E-state index >= 15 is 0 Å². The van der Waals surface area contributed by atoms with E-state index in [-0.39, 0.29) is 31.9 Å². The molecule has 9 heteroatoms. The van der Waals surface area contributed by atoms with Gasteiger partial charge in [0.2, 0.25) is 5.91 Å². The Labute approximate surface area is 132 Å². The Morgan fingerprint density at radius 3 is 2.36 bits per heavy atom. The molecule has 0 aliphatic carbocycles. The third-order valence-electron chi connectivity index (χ3n) is 4.22. The predicted octanol–water partition coefficient (Wildman–Crippen LogP) is 1.76. The fourth-order valence-corrected chi connectivity index (χ4v) is 3.04. The van der Waals surface area contributed by atoms with Crippen molar-refractivity contribution in [2.45, 2.75) is 37.9 Å². The number of aliphatic carboxylic acids is 1. The molecule has 2 rings (SSSR count). The fraction of sp³-hybridized carbons (Fsp3) is 0.846. The SMILES string of the molecule is Cl.O=C(O)C1CCCN1CC(=O)N1CCCC(C(F)(F)F)C1. The van der Waals surface area contributed by atoms with Crippen LogP contribution in [0.25, 0.3) is 0 Å². The quantitative estimate of drug-likeness (QED) is 0.847. The number of alkyl halides is 3. The Hall–Kier alpha value is -1.02. The van der Waals surface area contributed by atoms with Crippen molar-refractivity contribution < 1.29 is 27.9 Å². The number of likely N-dealkylation sites (tertiary alicyclic amines) is 2. The van der Waals surface area contributed by atoms with Crippen LogP contribution in [0.1, 0.15) is 25.7 Å². The van der Waals surface area contributed by atoms with Gasteiger partial charge in [-0.3, -0.25) is 14.5 Å². The average molecular weight is 345 g/mol. The lowest BCUT2D eigenvalue weighted by atomic mass is 9.97. The summed E-state index contributed by atoms with van der Waals surface area (Å²) in [6.07, 6.45) is -2.73. The molecule has 5 nitrogen and oxygen atoms in total. The minimum atomic E-state index is -4.28. The molecule has 0 aromatic rings.